The summed E-state index contributed by atoms with van der Waals surface area (Å²) in [6, 6.07) is 5.84. The number of aliphatic imine (C=N–C) groups is 1. The Balaban J connectivity index is 1.17. The van der Waals surface area contributed by atoms with Crippen LogP contribution in [-0.4, -0.2) is 51.0 Å². The van der Waals surface area contributed by atoms with E-state index in [1.54, 1.807) is 28.9 Å². The van der Waals surface area contributed by atoms with Crippen molar-refractivity contribution in [1.82, 2.24) is 19.9 Å². The number of fused-ring (bicyclic) bond motifs is 6. The van der Waals surface area contributed by atoms with Crippen LogP contribution in [0, 0.1) is 11.8 Å². The first kappa shape index (κ1) is 25.4. The topological polar surface area (TPSA) is 124 Å². The van der Waals surface area contributed by atoms with Crippen LogP contribution < -0.4 is 16.0 Å². The molecule has 10 nitrogen and oxygen atoms in total. The minimum absolute atomic E-state index is 0.0550. The maximum absolute atomic E-state index is 13.1. The van der Waals surface area contributed by atoms with E-state index in [2.05, 4.69) is 35.9 Å². The summed E-state index contributed by atoms with van der Waals surface area (Å²) in [7, 11) is 0. The number of halogens is 1. The molecule has 39 heavy (non-hydrogen) atoms. The van der Waals surface area contributed by atoms with E-state index >= 15 is 0 Å². The van der Waals surface area contributed by atoms with E-state index < -0.39 is 0 Å². The predicted molar refractivity (Wildman–Crippen MR) is 153 cm³/mol. The van der Waals surface area contributed by atoms with Crippen LogP contribution in [0.3, 0.4) is 0 Å². The average Bonchev–Trinajstić information content (AvgIpc) is 3.63. The maximum Gasteiger partial charge on any atom is 0.282 e. The van der Waals surface area contributed by atoms with Gasteiger partial charge >= 0.3 is 0 Å². The Morgan fingerprint density at radius 3 is 3.00 bits per heavy atom. The largest absolute Gasteiger partial charge is 0.339 e. The molecule has 6 bridgehead atoms. The standard InChI is InChI=1S/C27H27ClN8O2S/c28-21-14-31-27-33-20-9-16(12-29-13-20)1-2-18-11-19(32-24(21)35-27)3-4-22(18)34-23(37)10-17-5-7-36(15-17)26(38)25-30-6-8-39-25/h3-4,6,8,11-14,16-17H,1-2,5,7,9-10,15H2,(H,34,37)(H2,31,32,33,35)/t16?,17-/m1/s1. The van der Waals surface area contributed by atoms with Gasteiger partial charge in [0.25, 0.3) is 5.91 Å². The first-order valence-corrected chi connectivity index (χ1v) is 14.2. The molecule has 0 spiro atoms. The van der Waals surface area contributed by atoms with E-state index in [0.29, 0.717) is 41.3 Å². The zero-order valence-electron chi connectivity index (χ0n) is 21.1. The minimum atomic E-state index is -0.0578. The van der Waals surface area contributed by atoms with Gasteiger partial charge in [-0.1, -0.05) is 11.6 Å². The Hall–Kier alpha value is -3.83. The van der Waals surface area contributed by atoms with Gasteiger partial charge in [-0.3, -0.25) is 14.6 Å². The summed E-state index contributed by atoms with van der Waals surface area (Å²) in [6.45, 7) is 1.21. The molecule has 3 aliphatic heterocycles. The van der Waals surface area contributed by atoms with Crippen LogP contribution in [0.25, 0.3) is 0 Å². The minimum Gasteiger partial charge on any atom is -0.339 e. The first-order valence-electron chi connectivity index (χ1n) is 12.9. The van der Waals surface area contributed by atoms with Gasteiger partial charge in [0.1, 0.15) is 5.02 Å². The fourth-order valence-electron chi connectivity index (χ4n) is 5.15. The third kappa shape index (κ3) is 5.94. The molecule has 12 heteroatoms. The molecule has 3 N–H and O–H groups in total. The zero-order chi connectivity index (χ0) is 26.8. The second kappa shape index (κ2) is 11.1. The Morgan fingerprint density at radius 1 is 1.21 bits per heavy atom. The van der Waals surface area contributed by atoms with Gasteiger partial charge < -0.3 is 20.9 Å². The van der Waals surface area contributed by atoms with Crippen molar-refractivity contribution in [2.75, 3.05) is 29.0 Å². The second-order valence-corrected chi connectivity index (χ2v) is 11.3. The second-order valence-electron chi connectivity index (χ2n) is 9.96. The van der Waals surface area contributed by atoms with Gasteiger partial charge in [0.15, 0.2) is 10.8 Å². The number of aryl methyl sites for hydroxylation is 1. The van der Waals surface area contributed by atoms with Crippen molar-refractivity contribution < 1.29 is 9.59 Å². The molecule has 1 unspecified atom stereocenters. The van der Waals surface area contributed by atoms with Crippen LogP contribution in [0.1, 0.15) is 41.0 Å². The Bertz CT molecular complexity index is 1460. The van der Waals surface area contributed by atoms with E-state index in [0.717, 1.165) is 48.3 Å². The molecular weight excluding hydrogens is 536 g/mol. The van der Waals surface area contributed by atoms with Gasteiger partial charge in [-0.2, -0.15) is 4.98 Å². The van der Waals surface area contributed by atoms with Crippen molar-refractivity contribution in [2.24, 2.45) is 16.8 Å². The van der Waals surface area contributed by atoms with E-state index in [1.807, 2.05) is 24.4 Å². The molecule has 1 fully saturated rings. The van der Waals surface area contributed by atoms with Gasteiger partial charge in [-0.05, 0) is 55.4 Å². The fraction of sp³-hybridized carbons (Fsp3) is 0.333. The molecule has 3 aliphatic rings. The number of allylic oxidation sites excluding steroid dienone is 1. The van der Waals surface area contributed by atoms with E-state index in [-0.39, 0.29) is 23.7 Å². The summed E-state index contributed by atoms with van der Waals surface area (Å²) in [5, 5.41) is 12.4. The highest BCUT2D eigenvalue weighted by atomic mass is 35.5. The van der Waals surface area contributed by atoms with E-state index in [4.69, 9.17) is 11.6 Å². The molecule has 1 aromatic carbocycles. The summed E-state index contributed by atoms with van der Waals surface area (Å²) in [5.74, 6) is 1.19. The molecule has 3 aromatic rings. The molecule has 0 aliphatic carbocycles. The number of carbonyl (C=O) groups excluding carboxylic acids is 2. The molecular formula is C27H27ClN8O2S. The number of hydrogen-bond acceptors (Lipinski definition) is 9. The Labute approximate surface area is 234 Å². The van der Waals surface area contributed by atoms with Crippen molar-refractivity contribution in [3.05, 3.63) is 63.5 Å². The van der Waals surface area contributed by atoms with Crippen molar-refractivity contribution in [1.29, 1.82) is 0 Å². The number of anilines is 4. The van der Waals surface area contributed by atoms with Crippen LogP contribution in [0.4, 0.5) is 23.1 Å². The highest BCUT2D eigenvalue weighted by molar-refractivity contribution is 7.11. The monoisotopic (exact) mass is 562 g/mol. The SMILES string of the molecule is O=C(C[C@H]1CCN(C(=O)c2nccs2)C1)Nc1ccc2cc1CCC1C=NC=C(C1)Nc1ncc(Cl)c(n1)N2. The van der Waals surface area contributed by atoms with Crippen molar-refractivity contribution in [2.45, 2.75) is 32.1 Å². The molecule has 0 radical (unpaired) electrons. The summed E-state index contributed by atoms with van der Waals surface area (Å²) < 4.78 is 0. The number of carbonyl (C=O) groups is 2. The van der Waals surface area contributed by atoms with E-state index in [1.165, 1.54) is 11.3 Å². The highest BCUT2D eigenvalue weighted by Crippen LogP contribution is 2.31. The number of likely N-dealkylation sites (tertiary alicyclic amines) is 1. The number of rotatable bonds is 4. The van der Waals surface area contributed by atoms with Crippen LogP contribution in [0.5, 0.6) is 0 Å². The summed E-state index contributed by atoms with van der Waals surface area (Å²) >= 11 is 7.71. The van der Waals surface area contributed by atoms with Crippen LogP contribution in [0.15, 0.2) is 52.9 Å². The molecule has 2 amide bonds. The molecule has 5 heterocycles. The smallest absolute Gasteiger partial charge is 0.282 e. The number of hydrogen-bond donors (Lipinski definition) is 3. The molecule has 1 saturated heterocycles. The Kier molecular flexibility index (Phi) is 7.25. The lowest BCUT2D eigenvalue weighted by molar-refractivity contribution is -0.117. The van der Waals surface area contributed by atoms with Crippen LogP contribution in [0.2, 0.25) is 5.02 Å². The average molecular weight is 563 g/mol. The van der Waals surface area contributed by atoms with Gasteiger partial charge in [0.05, 0.1) is 6.20 Å². The van der Waals surface area contributed by atoms with Crippen LogP contribution in [-0.2, 0) is 11.2 Å². The van der Waals surface area contributed by atoms with Crippen molar-refractivity contribution in [3.63, 3.8) is 0 Å². The third-order valence-corrected chi connectivity index (χ3v) is 8.15. The quantitative estimate of drug-likeness (QED) is 0.403. The predicted octanol–water partition coefficient (Wildman–Crippen LogP) is 5.11. The maximum atomic E-state index is 13.1. The number of aromatic nitrogens is 3. The van der Waals surface area contributed by atoms with Gasteiger partial charge in [-0.25, -0.2) is 9.97 Å². The molecule has 0 saturated carbocycles. The van der Waals surface area contributed by atoms with Crippen LogP contribution >= 0.6 is 22.9 Å². The van der Waals surface area contributed by atoms with Crippen molar-refractivity contribution in [3.8, 4) is 0 Å². The summed E-state index contributed by atoms with van der Waals surface area (Å²) in [4.78, 5) is 44.9. The zero-order valence-corrected chi connectivity index (χ0v) is 22.6. The molecule has 6 rings (SSSR count). The fourth-order valence-corrected chi connectivity index (χ4v) is 5.89. The molecule has 2 aromatic heterocycles. The third-order valence-electron chi connectivity index (χ3n) is 7.11. The normalized spacial score (nSPS) is 20.0. The molecule has 200 valence electrons. The number of amides is 2. The van der Waals surface area contributed by atoms with Gasteiger partial charge in [-0.15, -0.1) is 11.3 Å². The Morgan fingerprint density at radius 2 is 2.13 bits per heavy atom. The van der Waals surface area contributed by atoms with Gasteiger partial charge in [0, 0.05) is 66.5 Å². The lowest BCUT2D eigenvalue weighted by Gasteiger charge is -2.19. The summed E-state index contributed by atoms with van der Waals surface area (Å²) in [6.07, 6.45) is 10.5. The first-order chi connectivity index (χ1) is 19.0. The number of nitrogens with one attached hydrogen (secondary N) is 3. The molecule has 2 atom stereocenters. The van der Waals surface area contributed by atoms with Gasteiger partial charge in [0.2, 0.25) is 11.9 Å². The van der Waals surface area contributed by atoms with E-state index in [9.17, 15) is 9.59 Å². The lowest BCUT2D eigenvalue weighted by atomic mass is 9.94. The summed E-state index contributed by atoms with van der Waals surface area (Å²) in [5.41, 5.74) is 3.55. The number of nitrogens with zero attached hydrogens (tertiary/aromatic N) is 5. The number of benzene rings is 1. The lowest BCUT2D eigenvalue weighted by Crippen LogP contribution is -2.29. The number of thiazole rings is 1. The highest BCUT2D eigenvalue weighted by Gasteiger charge is 2.29. The van der Waals surface area contributed by atoms with Crippen molar-refractivity contribution >= 4 is 64.1 Å².